The normalized spacial score (nSPS) is 18.8. The maximum atomic E-state index is 14.8. The Bertz CT molecular complexity index is 918. The van der Waals surface area contributed by atoms with Crippen LogP contribution in [0.15, 0.2) is 65.3 Å². The van der Waals surface area contributed by atoms with Gasteiger partial charge in [-0.05, 0) is 29.3 Å². The summed E-state index contributed by atoms with van der Waals surface area (Å²) >= 11 is 6.22. The van der Waals surface area contributed by atoms with E-state index in [1.807, 2.05) is 18.2 Å². The second-order valence-electron chi connectivity index (χ2n) is 5.95. The molecule has 3 rings (SSSR count). The van der Waals surface area contributed by atoms with E-state index in [1.165, 1.54) is 18.2 Å². The first-order chi connectivity index (χ1) is 12.9. The SMILES string of the molecule is C=C1/C=C\C(C(F)(F)c2nn[nH]n2)=C/CN(Cc2ccccc2Cl)N=C1C. The summed E-state index contributed by atoms with van der Waals surface area (Å²) in [4.78, 5) is 0. The zero-order valence-corrected chi connectivity index (χ0v) is 15.3. The number of hydrogen-bond acceptors (Lipinski definition) is 5. The average molecular weight is 391 g/mol. The molecular weight excluding hydrogens is 374 g/mol. The van der Waals surface area contributed by atoms with Gasteiger partial charge in [-0.25, -0.2) is 0 Å². The van der Waals surface area contributed by atoms with Crippen molar-refractivity contribution in [2.45, 2.75) is 19.4 Å². The lowest BCUT2D eigenvalue weighted by atomic mass is 10.1. The summed E-state index contributed by atoms with van der Waals surface area (Å²) in [6, 6.07) is 7.33. The molecule has 1 aromatic heterocycles. The largest absolute Gasteiger partial charge is 0.335 e. The van der Waals surface area contributed by atoms with Gasteiger partial charge in [0.1, 0.15) is 0 Å². The Morgan fingerprint density at radius 2 is 2.07 bits per heavy atom. The monoisotopic (exact) mass is 390 g/mol. The molecule has 0 radical (unpaired) electrons. The Hall–Kier alpha value is -2.87. The molecule has 2 aromatic rings. The van der Waals surface area contributed by atoms with Crippen molar-refractivity contribution in [3.05, 3.63) is 76.6 Å². The van der Waals surface area contributed by atoms with E-state index in [0.717, 1.165) is 5.56 Å². The second kappa shape index (κ2) is 7.79. The number of nitrogens with zero attached hydrogens (tertiary/aromatic N) is 5. The van der Waals surface area contributed by atoms with Gasteiger partial charge in [-0.1, -0.05) is 54.6 Å². The Balaban J connectivity index is 1.94. The van der Waals surface area contributed by atoms with Crippen LogP contribution in [0.5, 0.6) is 0 Å². The number of hydrogen-bond donors (Lipinski definition) is 1. The third-order valence-corrected chi connectivity index (χ3v) is 4.41. The first kappa shape index (κ1) is 18.9. The number of nitrogens with one attached hydrogen (secondary N) is 1. The van der Waals surface area contributed by atoms with Crippen LogP contribution in [0, 0.1) is 0 Å². The molecule has 0 atom stereocenters. The number of allylic oxidation sites excluding steroid dienone is 4. The number of halogens is 3. The zero-order valence-electron chi connectivity index (χ0n) is 14.5. The fraction of sp³-hybridized carbons (Fsp3) is 0.222. The van der Waals surface area contributed by atoms with E-state index in [9.17, 15) is 8.78 Å². The third-order valence-electron chi connectivity index (χ3n) is 4.04. The smallest absolute Gasteiger partial charge is 0.288 e. The third kappa shape index (κ3) is 4.28. The minimum absolute atomic E-state index is 0.142. The zero-order chi connectivity index (χ0) is 19.4. The Morgan fingerprint density at radius 3 is 2.78 bits per heavy atom. The molecule has 0 saturated carbocycles. The molecule has 0 amide bonds. The van der Waals surface area contributed by atoms with Gasteiger partial charge in [-0.15, -0.1) is 10.2 Å². The van der Waals surface area contributed by atoms with Gasteiger partial charge in [0.25, 0.3) is 0 Å². The number of benzene rings is 1. The molecule has 9 heteroatoms. The van der Waals surface area contributed by atoms with Crippen molar-refractivity contribution < 1.29 is 8.78 Å². The van der Waals surface area contributed by atoms with Crippen LogP contribution in [-0.2, 0) is 12.5 Å². The lowest BCUT2D eigenvalue weighted by molar-refractivity contribution is 0.0314. The van der Waals surface area contributed by atoms with Gasteiger partial charge in [-0.2, -0.15) is 19.1 Å². The summed E-state index contributed by atoms with van der Waals surface area (Å²) in [6.07, 6.45) is 4.19. The van der Waals surface area contributed by atoms with Crippen molar-refractivity contribution >= 4 is 17.3 Å². The Kier molecular flexibility index (Phi) is 5.46. The Labute approximate surface area is 159 Å². The minimum atomic E-state index is -3.40. The van der Waals surface area contributed by atoms with Crippen molar-refractivity contribution in [3.8, 4) is 0 Å². The highest BCUT2D eigenvalue weighted by Crippen LogP contribution is 2.34. The van der Waals surface area contributed by atoms with Crippen LogP contribution in [0.1, 0.15) is 18.3 Å². The maximum Gasteiger partial charge on any atom is 0.335 e. The van der Waals surface area contributed by atoms with Crippen molar-refractivity contribution in [2.75, 3.05) is 6.54 Å². The highest BCUT2D eigenvalue weighted by atomic mass is 35.5. The first-order valence-electron chi connectivity index (χ1n) is 8.11. The minimum Gasteiger partial charge on any atom is -0.288 e. The number of hydrazone groups is 1. The highest BCUT2D eigenvalue weighted by Gasteiger charge is 2.40. The number of aromatic nitrogens is 4. The summed E-state index contributed by atoms with van der Waals surface area (Å²) in [5.41, 5.74) is 1.72. The van der Waals surface area contributed by atoms with E-state index < -0.39 is 11.7 Å². The molecule has 2 heterocycles. The second-order valence-corrected chi connectivity index (χ2v) is 6.36. The van der Waals surface area contributed by atoms with Crippen molar-refractivity contribution in [1.29, 1.82) is 0 Å². The summed E-state index contributed by atoms with van der Waals surface area (Å²) in [5.74, 6) is -4.10. The summed E-state index contributed by atoms with van der Waals surface area (Å²) in [7, 11) is 0. The molecule has 1 N–H and O–H groups in total. The van der Waals surface area contributed by atoms with Crippen LogP contribution in [-0.4, -0.2) is 37.9 Å². The Morgan fingerprint density at radius 1 is 1.30 bits per heavy atom. The predicted molar refractivity (Wildman–Crippen MR) is 99.4 cm³/mol. The fourth-order valence-corrected chi connectivity index (χ4v) is 2.68. The molecule has 6 nitrogen and oxygen atoms in total. The van der Waals surface area contributed by atoms with Crippen molar-refractivity contribution in [2.24, 2.45) is 5.10 Å². The topological polar surface area (TPSA) is 70.1 Å². The number of tetrazole rings is 1. The van der Waals surface area contributed by atoms with E-state index in [1.54, 1.807) is 18.0 Å². The molecule has 0 spiro atoms. The van der Waals surface area contributed by atoms with Gasteiger partial charge in [0.2, 0.25) is 5.82 Å². The summed E-state index contributed by atoms with van der Waals surface area (Å²) in [5, 5.41) is 18.8. The molecule has 1 aliphatic heterocycles. The van der Waals surface area contributed by atoms with Crippen LogP contribution in [0.25, 0.3) is 0 Å². The lowest BCUT2D eigenvalue weighted by Crippen LogP contribution is -2.22. The molecule has 27 heavy (non-hydrogen) atoms. The van der Waals surface area contributed by atoms with Gasteiger partial charge < -0.3 is 0 Å². The molecular formula is C18H17ClF2N6. The first-order valence-corrected chi connectivity index (χ1v) is 8.49. The number of H-pyrrole nitrogens is 1. The van der Waals surface area contributed by atoms with Gasteiger partial charge in [0.05, 0.1) is 18.8 Å². The van der Waals surface area contributed by atoms with E-state index in [-0.39, 0.29) is 12.1 Å². The molecule has 0 bridgehead atoms. The predicted octanol–water partition coefficient (Wildman–Crippen LogP) is 3.88. The molecule has 1 aromatic carbocycles. The van der Waals surface area contributed by atoms with Crippen LogP contribution < -0.4 is 0 Å². The molecule has 0 unspecified atom stereocenters. The number of alkyl halides is 2. The number of rotatable bonds is 4. The maximum absolute atomic E-state index is 14.8. The van der Waals surface area contributed by atoms with Gasteiger partial charge in [-0.3, -0.25) is 5.01 Å². The molecule has 0 aliphatic carbocycles. The van der Waals surface area contributed by atoms with Crippen LogP contribution in [0.3, 0.4) is 0 Å². The lowest BCUT2D eigenvalue weighted by Gasteiger charge is -2.20. The van der Waals surface area contributed by atoms with E-state index >= 15 is 0 Å². The van der Waals surface area contributed by atoms with Crippen LogP contribution in [0.4, 0.5) is 8.78 Å². The number of aromatic amines is 1. The van der Waals surface area contributed by atoms with E-state index in [0.29, 0.717) is 22.9 Å². The van der Waals surface area contributed by atoms with Crippen molar-refractivity contribution in [1.82, 2.24) is 25.6 Å². The van der Waals surface area contributed by atoms with Gasteiger partial charge in [0, 0.05) is 10.6 Å². The van der Waals surface area contributed by atoms with Gasteiger partial charge in [0.15, 0.2) is 0 Å². The van der Waals surface area contributed by atoms with Gasteiger partial charge >= 0.3 is 5.92 Å². The summed E-state index contributed by atoms with van der Waals surface area (Å²) < 4.78 is 29.5. The van der Waals surface area contributed by atoms with Crippen LogP contribution in [0.2, 0.25) is 5.02 Å². The fourth-order valence-electron chi connectivity index (χ4n) is 2.48. The van der Waals surface area contributed by atoms with E-state index in [4.69, 9.17) is 11.6 Å². The quantitative estimate of drug-likeness (QED) is 0.860. The molecule has 140 valence electrons. The summed E-state index contributed by atoms with van der Waals surface area (Å²) in [6.45, 7) is 6.16. The standard InChI is InChI=1S/C18H17ClF2N6/c1-12-7-8-15(18(20,21)17-22-25-26-23-17)9-10-27(24-13(12)2)11-14-5-3-4-6-16(14)19/h3-9H,1,10-11H2,2H3,(H,22,23,25,26)/b8-7-,15-9+,24-13?. The highest BCUT2D eigenvalue weighted by molar-refractivity contribution is 6.31. The molecule has 0 saturated heterocycles. The molecule has 0 fully saturated rings. The average Bonchev–Trinajstić information content (AvgIpc) is 3.18. The van der Waals surface area contributed by atoms with E-state index in [2.05, 4.69) is 32.3 Å². The molecule has 1 aliphatic rings. The van der Waals surface area contributed by atoms with Crippen molar-refractivity contribution in [3.63, 3.8) is 0 Å². The van der Waals surface area contributed by atoms with Crippen LogP contribution >= 0.6 is 11.6 Å².